The van der Waals surface area contributed by atoms with Gasteiger partial charge in [-0.2, -0.15) is 0 Å². The number of hydrogen-bond donors (Lipinski definition) is 2. The van der Waals surface area contributed by atoms with Crippen LogP contribution in [0.4, 0.5) is 5.69 Å². The van der Waals surface area contributed by atoms with Gasteiger partial charge in [-0.15, -0.1) is 0 Å². The molecule has 0 spiro atoms. The molecule has 0 fully saturated rings. The summed E-state index contributed by atoms with van der Waals surface area (Å²) in [5.74, 6) is -0.565. The summed E-state index contributed by atoms with van der Waals surface area (Å²) < 4.78 is 5.27. The zero-order valence-electron chi connectivity index (χ0n) is 12.3. The normalized spacial score (nSPS) is 10.0. The maximum atomic E-state index is 12.4. The molecular weight excluding hydrogens is 280 g/mol. The van der Waals surface area contributed by atoms with Crippen molar-refractivity contribution in [3.63, 3.8) is 0 Å². The largest absolute Gasteiger partial charge is 0.483 e. The molecule has 0 aliphatic rings. The van der Waals surface area contributed by atoms with Gasteiger partial charge in [-0.1, -0.05) is 31.2 Å². The van der Waals surface area contributed by atoms with Crippen LogP contribution in [0.25, 0.3) is 0 Å². The number of anilines is 1. The first-order valence-electron chi connectivity index (χ1n) is 7.00. The third-order valence-corrected chi connectivity index (χ3v) is 3.09. The second-order valence-corrected chi connectivity index (χ2v) is 4.76. The molecule has 5 heteroatoms. The highest BCUT2D eigenvalue weighted by Crippen LogP contribution is 2.20. The summed E-state index contributed by atoms with van der Waals surface area (Å²) in [5, 5.41) is 2.83. The van der Waals surface area contributed by atoms with Crippen molar-refractivity contribution in [1.82, 2.24) is 0 Å². The maximum absolute atomic E-state index is 12.4. The molecule has 114 valence electrons. The quantitative estimate of drug-likeness (QED) is 0.859. The number of benzene rings is 2. The van der Waals surface area contributed by atoms with Gasteiger partial charge >= 0.3 is 0 Å². The van der Waals surface area contributed by atoms with Gasteiger partial charge in [0.05, 0.1) is 5.56 Å². The van der Waals surface area contributed by atoms with Crippen LogP contribution in [0.3, 0.4) is 0 Å². The van der Waals surface area contributed by atoms with Gasteiger partial charge in [-0.3, -0.25) is 9.59 Å². The number of ether oxygens (including phenoxy) is 1. The van der Waals surface area contributed by atoms with E-state index >= 15 is 0 Å². The van der Waals surface area contributed by atoms with Crippen LogP contribution in [-0.2, 0) is 11.2 Å². The standard InChI is InChI=1S/C17H18N2O3/c1-2-12-6-5-7-13(10-12)19-17(21)14-8-3-4-9-15(14)22-11-16(18)20/h3-10H,2,11H2,1H3,(H2,18,20)(H,19,21). The molecule has 2 amide bonds. The average Bonchev–Trinajstić information content (AvgIpc) is 2.53. The Morgan fingerprint density at radius 3 is 2.64 bits per heavy atom. The monoisotopic (exact) mass is 298 g/mol. The lowest BCUT2D eigenvalue weighted by Crippen LogP contribution is -2.21. The number of carbonyl (C=O) groups is 2. The van der Waals surface area contributed by atoms with Crippen LogP contribution >= 0.6 is 0 Å². The Hall–Kier alpha value is -2.82. The van der Waals surface area contributed by atoms with E-state index in [0.29, 0.717) is 17.0 Å². The van der Waals surface area contributed by atoms with Crippen LogP contribution in [-0.4, -0.2) is 18.4 Å². The van der Waals surface area contributed by atoms with Crippen molar-refractivity contribution in [3.8, 4) is 5.75 Å². The minimum atomic E-state index is -0.592. The van der Waals surface area contributed by atoms with Crippen LogP contribution in [0.2, 0.25) is 0 Å². The third-order valence-electron chi connectivity index (χ3n) is 3.09. The lowest BCUT2D eigenvalue weighted by Gasteiger charge is -2.11. The Morgan fingerprint density at radius 1 is 1.14 bits per heavy atom. The average molecular weight is 298 g/mol. The van der Waals surface area contributed by atoms with Crippen molar-refractivity contribution in [3.05, 3.63) is 59.7 Å². The van der Waals surface area contributed by atoms with Crippen molar-refractivity contribution in [2.45, 2.75) is 13.3 Å². The van der Waals surface area contributed by atoms with E-state index in [1.165, 1.54) is 0 Å². The summed E-state index contributed by atoms with van der Waals surface area (Å²) in [4.78, 5) is 23.2. The summed E-state index contributed by atoms with van der Waals surface area (Å²) in [6.45, 7) is 1.78. The molecule has 2 aromatic carbocycles. The topological polar surface area (TPSA) is 81.4 Å². The summed E-state index contributed by atoms with van der Waals surface area (Å²) in [7, 11) is 0. The van der Waals surface area contributed by atoms with E-state index in [2.05, 4.69) is 5.32 Å². The number of primary amides is 1. The predicted octanol–water partition coefficient (Wildman–Crippen LogP) is 2.37. The zero-order valence-corrected chi connectivity index (χ0v) is 12.3. The Balaban J connectivity index is 2.16. The Morgan fingerprint density at radius 2 is 1.91 bits per heavy atom. The molecule has 5 nitrogen and oxygen atoms in total. The molecular formula is C17H18N2O3. The Labute approximate surface area is 129 Å². The van der Waals surface area contributed by atoms with Crippen molar-refractivity contribution in [2.75, 3.05) is 11.9 Å². The fourth-order valence-electron chi connectivity index (χ4n) is 2.00. The lowest BCUT2D eigenvalue weighted by atomic mass is 10.1. The van der Waals surface area contributed by atoms with Gasteiger partial charge in [0.2, 0.25) is 0 Å². The van der Waals surface area contributed by atoms with Gasteiger partial charge in [0.15, 0.2) is 6.61 Å². The first-order chi connectivity index (χ1) is 10.6. The summed E-state index contributed by atoms with van der Waals surface area (Å²) in [6, 6.07) is 14.4. The minimum Gasteiger partial charge on any atom is -0.483 e. The van der Waals surface area contributed by atoms with Crippen molar-refractivity contribution >= 4 is 17.5 Å². The number of para-hydroxylation sites is 1. The SMILES string of the molecule is CCc1cccc(NC(=O)c2ccccc2OCC(N)=O)c1. The second kappa shape index (κ2) is 7.26. The molecule has 0 radical (unpaired) electrons. The molecule has 2 aromatic rings. The Bertz CT molecular complexity index is 683. The number of carbonyl (C=O) groups excluding carboxylic acids is 2. The molecule has 0 aliphatic heterocycles. The molecule has 0 saturated heterocycles. The van der Waals surface area contributed by atoms with E-state index in [1.807, 2.05) is 31.2 Å². The molecule has 3 N–H and O–H groups in total. The van der Waals surface area contributed by atoms with Crippen molar-refractivity contribution < 1.29 is 14.3 Å². The summed E-state index contributed by atoms with van der Waals surface area (Å²) in [6.07, 6.45) is 0.891. The fraction of sp³-hybridized carbons (Fsp3) is 0.176. The molecule has 0 unspecified atom stereocenters. The van der Waals surface area contributed by atoms with Gasteiger partial charge < -0.3 is 15.8 Å². The summed E-state index contributed by atoms with van der Waals surface area (Å²) in [5.41, 5.74) is 7.26. The molecule has 0 aliphatic carbocycles. The number of nitrogens with two attached hydrogens (primary N) is 1. The maximum Gasteiger partial charge on any atom is 0.259 e. The van der Waals surface area contributed by atoms with E-state index in [-0.39, 0.29) is 12.5 Å². The van der Waals surface area contributed by atoms with Gasteiger partial charge in [-0.25, -0.2) is 0 Å². The van der Waals surface area contributed by atoms with Crippen LogP contribution in [0.15, 0.2) is 48.5 Å². The smallest absolute Gasteiger partial charge is 0.259 e. The van der Waals surface area contributed by atoms with Crippen LogP contribution in [0.5, 0.6) is 5.75 Å². The lowest BCUT2D eigenvalue weighted by molar-refractivity contribution is -0.119. The molecule has 0 aromatic heterocycles. The number of aryl methyl sites for hydroxylation is 1. The highest BCUT2D eigenvalue weighted by Gasteiger charge is 2.13. The highest BCUT2D eigenvalue weighted by atomic mass is 16.5. The van der Waals surface area contributed by atoms with Crippen LogP contribution in [0, 0.1) is 0 Å². The predicted molar refractivity (Wildman–Crippen MR) is 84.9 cm³/mol. The van der Waals surface area contributed by atoms with E-state index in [9.17, 15) is 9.59 Å². The number of nitrogens with one attached hydrogen (secondary N) is 1. The van der Waals surface area contributed by atoms with Gasteiger partial charge in [-0.05, 0) is 36.2 Å². The first kappa shape index (κ1) is 15.6. The third kappa shape index (κ3) is 4.09. The van der Waals surface area contributed by atoms with Crippen LogP contribution in [0.1, 0.15) is 22.8 Å². The number of rotatable bonds is 6. The number of hydrogen-bond acceptors (Lipinski definition) is 3. The Kier molecular flexibility index (Phi) is 5.14. The molecule has 0 saturated carbocycles. The molecule has 22 heavy (non-hydrogen) atoms. The molecule has 2 rings (SSSR count). The van der Waals surface area contributed by atoms with E-state index in [1.54, 1.807) is 24.3 Å². The van der Waals surface area contributed by atoms with Gasteiger partial charge in [0, 0.05) is 5.69 Å². The van der Waals surface area contributed by atoms with E-state index in [4.69, 9.17) is 10.5 Å². The second-order valence-electron chi connectivity index (χ2n) is 4.76. The fourth-order valence-corrected chi connectivity index (χ4v) is 2.00. The van der Waals surface area contributed by atoms with E-state index < -0.39 is 5.91 Å². The zero-order chi connectivity index (χ0) is 15.9. The number of amides is 2. The van der Waals surface area contributed by atoms with Gasteiger partial charge in [0.25, 0.3) is 11.8 Å². The minimum absolute atomic E-state index is 0.268. The van der Waals surface area contributed by atoms with Gasteiger partial charge in [0.1, 0.15) is 5.75 Å². The van der Waals surface area contributed by atoms with E-state index in [0.717, 1.165) is 12.0 Å². The van der Waals surface area contributed by atoms with Crippen molar-refractivity contribution in [2.24, 2.45) is 5.73 Å². The van der Waals surface area contributed by atoms with Crippen molar-refractivity contribution in [1.29, 1.82) is 0 Å². The summed E-state index contributed by atoms with van der Waals surface area (Å²) >= 11 is 0. The molecule has 0 heterocycles. The molecule has 0 bridgehead atoms. The molecule has 0 atom stereocenters. The highest BCUT2D eigenvalue weighted by molar-refractivity contribution is 6.06. The van der Waals surface area contributed by atoms with Crippen LogP contribution < -0.4 is 15.8 Å². The first-order valence-corrected chi connectivity index (χ1v) is 7.00.